The van der Waals surface area contributed by atoms with Gasteiger partial charge in [0.15, 0.2) is 0 Å². The monoisotopic (exact) mass is 268 g/mol. The second-order valence-electron chi connectivity index (χ2n) is 4.43. The summed E-state index contributed by atoms with van der Waals surface area (Å²) in [6.07, 6.45) is 3.70. The van der Waals surface area contributed by atoms with Crippen LogP contribution in [0.15, 0.2) is 60.7 Å². The molecule has 2 rings (SSSR count). The van der Waals surface area contributed by atoms with Crippen LogP contribution < -0.4 is 10.2 Å². The van der Waals surface area contributed by atoms with E-state index in [0.29, 0.717) is 17.8 Å². The van der Waals surface area contributed by atoms with Gasteiger partial charge >= 0.3 is 7.12 Å². The molecule has 0 saturated carbocycles. The van der Waals surface area contributed by atoms with Crippen molar-refractivity contribution in [1.29, 1.82) is 0 Å². The third-order valence-electron chi connectivity index (χ3n) is 3.22. The average molecular weight is 268 g/mol. The van der Waals surface area contributed by atoms with Crippen molar-refractivity contribution in [2.45, 2.75) is 6.92 Å². The van der Waals surface area contributed by atoms with Crippen molar-refractivity contribution in [3.05, 3.63) is 60.7 Å². The first-order chi connectivity index (χ1) is 9.67. The lowest BCUT2D eigenvalue weighted by Gasteiger charge is -2.12. The Hall–Kier alpha value is -2.04. The van der Waals surface area contributed by atoms with Crippen LogP contribution >= 0.6 is 0 Å². The number of allylic oxidation sites excluding steroid dienone is 1. The van der Waals surface area contributed by atoms with Crippen molar-refractivity contribution in [2.75, 3.05) is 6.61 Å². The fourth-order valence-corrected chi connectivity index (χ4v) is 2.07. The third kappa shape index (κ3) is 2.92. The molecule has 0 bridgehead atoms. The van der Waals surface area contributed by atoms with Crippen LogP contribution in [0.25, 0.3) is 10.8 Å². The molecule has 2 aromatic rings. The highest BCUT2D eigenvalue weighted by molar-refractivity contribution is 6.62. The van der Waals surface area contributed by atoms with E-state index in [-0.39, 0.29) is 0 Å². The predicted molar refractivity (Wildman–Crippen MR) is 83.2 cm³/mol. The van der Waals surface area contributed by atoms with Crippen LogP contribution in [-0.4, -0.2) is 23.8 Å². The molecule has 4 heteroatoms. The van der Waals surface area contributed by atoms with E-state index in [2.05, 4.69) is 6.58 Å². The van der Waals surface area contributed by atoms with Gasteiger partial charge in [-0.15, -0.1) is 0 Å². The van der Waals surface area contributed by atoms with Gasteiger partial charge in [0.25, 0.3) is 0 Å². The van der Waals surface area contributed by atoms with Gasteiger partial charge in [-0.3, -0.25) is 0 Å². The summed E-state index contributed by atoms with van der Waals surface area (Å²) in [5.74, 6) is 0.714. The van der Waals surface area contributed by atoms with Crippen molar-refractivity contribution in [3.63, 3.8) is 0 Å². The van der Waals surface area contributed by atoms with Crippen LogP contribution in [0.4, 0.5) is 0 Å². The van der Waals surface area contributed by atoms with Crippen LogP contribution in [-0.2, 0) is 0 Å². The van der Waals surface area contributed by atoms with E-state index in [1.165, 1.54) is 0 Å². The molecule has 102 valence electrons. The summed E-state index contributed by atoms with van der Waals surface area (Å²) in [7, 11) is -1.49. The molecular formula is C16H17BO3. The summed E-state index contributed by atoms with van der Waals surface area (Å²) in [5.41, 5.74) is 1.48. The Morgan fingerprint density at radius 3 is 2.50 bits per heavy atom. The Bertz CT molecular complexity index is 647. The summed E-state index contributed by atoms with van der Waals surface area (Å²) in [6, 6.07) is 10.9. The predicted octanol–water partition coefficient (Wildman–Crippen LogP) is 2.03. The minimum atomic E-state index is -1.49. The van der Waals surface area contributed by atoms with Crippen molar-refractivity contribution in [3.8, 4) is 5.75 Å². The van der Waals surface area contributed by atoms with Crippen molar-refractivity contribution in [1.82, 2.24) is 0 Å². The van der Waals surface area contributed by atoms with Crippen molar-refractivity contribution in [2.24, 2.45) is 0 Å². The Labute approximate surface area is 119 Å². The standard InChI is InChI=1S/C16H17BO3/c1-3-12(4-2)11-20-16-10-9-15(17(18)19)13-7-5-6-8-14(13)16/h3-10,18-19H,1,11H2,2H3/b12-4+. The summed E-state index contributed by atoms with van der Waals surface area (Å²) >= 11 is 0. The minimum absolute atomic E-state index is 0.436. The topological polar surface area (TPSA) is 49.7 Å². The van der Waals surface area contributed by atoms with E-state index >= 15 is 0 Å². The molecule has 20 heavy (non-hydrogen) atoms. The highest BCUT2D eigenvalue weighted by Crippen LogP contribution is 2.24. The number of hydrogen-bond acceptors (Lipinski definition) is 3. The highest BCUT2D eigenvalue weighted by atomic mass is 16.5. The number of fused-ring (bicyclic) bond motifs is 1. The zero-order chi connectivity index (χ0) is 14.5. The first-order valence-corrected chi connectivity index (χ1v) is 6.45. The second-order valence-corrected chi connectivity index (χ2v) is 4.43. The second kappa shape index (κ2) is 6.41. The lowest BCUT2D eigenvalue weighted by molar-refractivity contribution is 0.359. The molecule has 0 radical (unpaired) electrons. The quantitative estimate of drug-likeness (QED) is 0.644. The van der Waals surface area contributed by atoms with Gasteiger partial charge in [-0.05, 0) is 29.4 Å². The van der Waals surface area contributed by atoms with Gasteiger partial charge in [0.05, 0.1) is 0 Å². The lowest BCUT2D eigenvalue weighted by atomic mass is 9.77. The molecule has 3 nitrogen and oxygen atoms in total. The number of rotatable bonds is 5. The number of ether oxygens (including phenoxy) is 1. The molecule has 0 heterocycles. The Kier molecular flexibility index (Phi) is 4.61. The average Bonchev–Trinajstić information content (AvgIpc) is 2.47. The van der Waals surface area contributed by atoms with Crippen LogP contribution in [0, 0.1) is 0 Å². The Morgan fingerprint density at radius 1 is 1.20 bits per heavy atom. The molecule has 0 aliphatic heterocycles. The molecule has 0 aliphatic rings. The van der Waals surface area contributed by atoms with E-state index in [1.54, 1.807) is 18.2 Å². The SMILES string of the molecule is C=C/C(=C\C)COc1ccc(B(O)O)c2ccccc12. The van der Waals surface area contributed by atoms with Crippen molar-refractivity contribution >= 4 is 23.4 Å². The molecular weight excluding hydrogens is 251 g/mol. The fraction of sp³-hybridized carbons (Fsp3) is 0.125. The van der Waals surface area contributed by atoms with E-state index in [4.69, 9.17) is 4.74 Å². The first kappa shape index (κ1) is 14.4. The van der Waals surface area contributed by atoms with E-state index in [0.717, 1.165) is 16.3 Å². The highest BCUT2D eigenvalue weighted by Gasteiger charge is 2.16. The molecule has 0 aromatic heterocycles. The van der Waals surface area contributed by atoms with E-state index < -0.39 is 7.12 Å². The van der Waals surface area contributed by atoms with E-state index in [1.807, 2.05) is 37.3 Å². The Morgan fingerprint density at radius 2 is 1.90 bits per heavy atom. The molecule has 0 aliphatic carbocycles. The van der Waals surface area contributed by atoms with Gasteiger partial charge in [-0.25, -0.2) is 0 Å². The number of benzene rings is 2. The van der Waals surface area contributed by atoms with Gasteiger partial charge in [0, 0.05) is 5.39 Å². The largest absolute Gasteiger partial charge is 0.489 e. The number of hydrogen-bond donors (Lipinski definition) is 2. The summed E-state index contributed by atoms with van der Waals surface area (Å²) in [5, 5.41) is 20.4. The Balaban J connectivity index is 2.40. The molecule has 2 N–H and O–H groups in total. The molecule has 0 unspecified atom stereocenters. The van der Waals surface area contributed by atoms with Crippen LogP contribution in [0.1, 0.15) is 6.92 Å². The zero-order valence-electron chi connectivity index (χ0n) is 11.4. The smallest absolute Gasteiger partial charge is 0.488 e. The zero-order valence-corrected chi connectivity index (χ0v) is 11.4. The summed E-state index contributed by atoms with van der Waals surface area (Å²) < 4.78 is 5.80. The molecule has 0 amide bonds. The maximum Gasteiger partial charge on any atom is 0.489 e. The minimum Gasteiger partial charge on any atom is -0.488 e. The van der Waals surface area contributed by atoms with Crippen molar-refractivity contribution < 1.29 is 14.8 Å². The molecule has 2 aromatic carbocycles. The third-order valence-corrected chi connectivity index (χ3v) is 3.22. The summed E-state index contributed by atoms with van der Waals surface area (Å²) in [4.78, 5) is 0. The molecule has 0 atom stereocenters. The van der Waals surface area contributed by atoms with Gasteiger partial charge in [-0.1, -0.05) is 49.1 Å². The van der Waals surface area contributed by atoms with E-state index in [9.17, 15) is 10.0 Å². The first-order valence-electron chi connectivity index (χ1n) is 6.45. The van der Waals surface area contributed by atoms with Crippen LogP contribution in [0.5, 0.6) is 5.75 Å². The molecule has 0 spiro atoms. The van der Waals surface area contributed by atoms with Crippen LogP contribution in [0.3, 0.4) is 0 Å². The lowest BCUT2D eigenvalue weighted by Crippen LogP contribution is -2.30. The maximum absolute atomic E-state index is 9.40. The van der Waals surface area contributed by atoms with Crippen LogP contribution in [0.2, 0.25) is 0 Å². The fourth-order valence-electron chi connectivity index (χ4n) is 2.07. The summed E-state index contributed by atoms with van der Waals surface area (Å²) in [6.45, 7) is 6.10. The normalized spacial score (nSPS) is 11.4. The van der Waals surface area contributed by atoms with Gasteiger partial charge in [0.1, 0.15) is 12.4 Å². The molecule has 0 fully saturated rings. The molecule has 0 saturated heterocycles. The van der Waals surface area contributed by atoms with Gasteiger partial charge < -0.3 is 14.8 Å². The van der Waals surface area contributed by atoms with Gasteiger partial charge in [-0.2, -0.15) is 0 Å². The maximum atomic E-state index is 9.40. The van der Waals surface area contributed by atoms with Gasteiger partial charge in [0.2, 0.25) is 0 Å².